The van der Waals surface area contributed by atoms with Crippen molar-refractivity contribution in [2.75, 3.05) is 0 Å². The Morgan fingerprint density at radius 2 is 1.93 bits per heavy atom. The van der Waals surface area contributed by atoms with Gasteiger partial charge in [-0.25, -0.2) is 14.6 Å². The number of carboxylic acid groups (broad SMARTS) is 1. The highest BCUT2D eigenvalue weighted by atomic mass is 16.4. The van der Waals surface area contributed by atoms with E-state index in [0.717, 1.165) is 0 Å². The topological polar surface area (TPSA) is 138 Å². The quantitative estimate of drug-likeness (QED) is 0.491. The largest absolute Gasteiger partial charge is 0.501 e. The Hall–Kier alpha value is -4.14. The van der Waals surface area contributed by atoms with Gasteiger partial charge < -0.3 is 19.6 Å². The van der Waals surface area contributed by atoms with E-state index < -0.39 is 28.7 Å². The van der Waals surface area contributed by atoms with Crippen LogP contribution in [0, 0.1) is 0 Å². The van der Waals surface area contributed by atoms with Gasteiger partial charge in [0, 0.05) is 5.56 Å². The lowest BCUT2D eigenvalue weighted by molar-refractivity contribution is 0.0686. The van der Waals surface area contributed by atoms with Gasteiger partial charge in [0.2, 0.25) is 5.75 Å². The summed E-state index contributed by atoms with van der Waals surface area (Å²) in [4.78, 5) is 41.3. The van der Waals surface area contributed by atoms with E-state index in [2.05, 4.69) is 9.97 Å². The number of carbonyl (C=O) groups is 1. The van der Waals surface area contributed by atoms with Crippen LogP contribution in [0.2, 0.25) is 0 Å². The van der Waals surface area contributed by atoms with Gasteiger partial charge in [-0.15, -0.1) is 0 Å². The third-order valence-corrected chi connectivity index (χ3v) is 4.21. The van der Waals surface area contributed by atoms with Gasteiger partial charge in [-0.3, -0.25) is 9.36 Å². The van der Waals surface area contributed by atoms with E-state index in [9.17, 15) is 19.5 Å². The molecule has 0 spiro atoms. The lowest BCUT2D eigenvalue weighted by Gasteiger charge is -2.07. The lowest BCUT2D eigenvalue weighted by Crippen LogP contribution is -2.16. The number of aromatic carboxylic acids is 1. The predicted octanol–water partition coefficient (Wildman–Crippen LogP) is 1.80. The summed E-state index contributed by atoms with van der Waals surface area (Å²) in [6.07, 6.45) is 0. The zero-order valence-electron chi connectivity index (χ0n) is 14.2. The predicted molar refractivity (Wildman–Crippen MR) is 98.5 cm³/mol. The van der Waals surface area contributed by atoms with E-state index in [1.165, 1.54) is 4.57 Å². The highest BCUT2D eigenvalue weighted by Crippen LogP contribution is 2.20. The first-order chi connectivity index (χ1) is 13.4. The van der Waals surface area contributed by atoms with Crippen molar-refractivity contribution in [2.24, 2.45) is 0 Å². The number of hydrogen-bond donors (Lipinski definition) is 3. The molecule has 0 bridgehead atoms. The van der Waals surface area contributed by atoms with Crippen molar-refractivity contribution in [3.8, 4) is 17.1 Å². The van der Waals surface area contributed by atoms with Crippen LogP contribution in [-0.4, -0.2) is 30.7 Å². The number of para-hydroxylation sites is 2. The number of fused-ring (bicyclic) bond motifs is 1. The molecule has 4 aromatic rings. The highest BCUT2D eigenvalue weighted by molar-refractivity contribution is 5.88. The molecule has 0 aliphatic carbocycles. The molecule has 0 saturated heterocycles. The van der Waals surface area contributed by atoms with Gasteiger partial charge in [0.1, 0.15) is 5.82 Å². The number of carboxylic acids is 1. The molecular weight excluding hydrogens is 366 g/mol. The first-order valence-electron chi connectivity index (χ1n) is 8.18. The molecule has 0 aliphatic heterocycles. The van der Waals surface area contributed by atoms with E-state index in [-0.39, 0.29) is 12.4 Å². The summed E-state index contributed by atoms with van der Waals surface area (Å²) in [7, 11) is 0. The SMILES string of the molecule is O=C(O)c1nc(-c2cccc(Cn3c(=O)oc4ccccc43)c2)[nH]c(=O)c1O. The summed E-state index contributed by atoms with van der Waals surface area (Å²) < 4.78 is 6.67. The number of benzene rings is 2. The number of aromatic hydroxyl groups is 1. The molecule has 2 heterocycles. The van der Waals surface area contributed by atoms with Crippen LogP contribution in [0.1, 0.15) is 16.1 Å². The molecule has 0 aliphatic rings. The lowest BCUT2D eigenvalue weighted by atomic mass is 10.1. The normalized spacial score (nSPS) is 11.0. The Bertz CT molecular complexity index is 1330. The van der Waals surface area contributed by atoms with Crippen LogP contribution in [0.3, 0.4) is 0 Å². The fraction of sp³-hybridized carbons (Fsp3) is 0.0526. The molecule has 0 saturated carbocycles. The highest BCUT2D eigenvalue weighted by Gasteiger charge is 2.18. The van der Waals surface area contributed by atoms with E-state index in [1.807, 2.05) is 0 Å². The van der Waals surface area contributed by atoms with Crippen molar-refractivity contribution in [3.05, 3.63) is 80.7 Å². The van der Waals surface area contributed by atoms with Crippen molar-refractivity contribution in [1.82, 2.24) is 14.5 Å². The maximum Gasteiger partial charge on any atom is 0.420 e. The van der Waals surface area contributed by atoms with Crippen molar-refractivity contribution in [2.45, 2.75) is 6.54 Å². The first-order valence-corrected chi connectivity index (χ1v) is 8.18. The van der Waals surface area contributed by atoms with Gasteiger partial charge in [-0.05, 0) is 23.8 Å². The summed E-state index contributed by atoms with van der Waals surface area (Å²) in [5.41, 5.74) is 0.560. The Morgan fingerprint density at radius 3 is 2.71 bits per heavy atom. The average Bonchev–Trinajstić information content (AvgIpc) is 2.99. The van der Waals surface area contributed by atoms with Crippen LogP contribution < -0.4 is 11.3 Å². The van der Waals surface area contributed by atoms with E-state index in [0.29, 0.717) is 22.2 Å². The molecule has 0 fully saturated rings. The number of aromatic amines is 1. The maximum absolute atomic E-state index is 12.1. The molecule has 2 aromatic heterocycles. The third kappa shape index (κ3) is 2.94. The average molecular weight is 379 g/mol. The maximum atomic E-state index is 12.1. The number of H-pyrrole nitrogens is 1. The molecular formula is C19H13N3O6. The molecule has 0 radical (unpaired) electrons. The van der Waals surface area contributed by atoms with E-state index in [4.69, 9.17) is 9.52 Å². The molecule has 4 rings (SSSR count). The zero-order valence-corrected chi connectivity index (χ0v) is 14.2. The van der Waals surface area contributed by atoms with Crippen LogP contribution in [0.5, 0.6) is 5.75 Å². The minimum absolute atomic E-state index is 0.00792. The number of hydrogen-bond acceptors (Lipinski definition) is 6. The Balaban J connectivity index is 1.77. The van der Waals surface area contributed by atoms with Crippen molar-refractivity contribution in [1.29, 1.82) is 0 Å². The fourth-order valence-electron chi connectivity index (χ4n) is 2.92. The van der Waals surface area contributed by atoms with Crippen molar-refractivity contribution < 1.29 is 19.4 Å². The Morgan fingerprint density at radius 1 is 1.14 bits per heavy atom. The Labute approximate surface area is 156 Å². The van der Waals surface area contributed by atoms with Gasteiger partial charge in [0.25, 0.3) is 5.56 Å². The number of nitrogens with zero attached hydrogens (tertiary/aromatic N) is 2. The molecule has 0 unspecified atom stereocenters. The van der Waals surface area contributed by atoms with Gasteiger partial charge >= 0.3 is 11.7 Å². The minimum Gasteiger partial charge on any atom is -0.501 e. The summed E-state index contributed by atoms with van der Waals surface area (Å²) in [5.74, 6) is -2.98. The van der Waals surface area contributed by atoms with Gasteiger partial charge in [0.05, 0.1) is 12.1 Å². The molecule has 9 heteroatoms. The van der Waals surface area contributed by atoms with E-state index >= 15 is 0 Å². The molecule has 0 atom stereocenters. The second kappa shape index (κ2) is 6.54. The van der Waals surface area contributed by atoms with Crippen molar-refractivity contribution >= 4 is 17.1 Å². The van der Waals surface area contributed by atoms with E-state index in [1.54, 1.807) is 48.5 Å². The van der Waals surface area contributed by atoms with Crippen LogP contribution in [0.4, 0.5) is 0 Å². The third-order valence-electron chi connectivity index (χ3n) is 4.21. The standard InChI is InChI=1S/C19H13N3O6/c23-15-14(18(25)26)20-16(21-17(15)24)11-5-3-4-10(8-11)9-22-12-6-1-2-7-13(12)28-19(22)27/h1-8,23H,9H2,(H,25,26)(H,20,21,24). The van der Waals surface area contributed by atoms with Gasteiger partial charge in [0.15, 0.2) is 11.3 Å². The van der Waals surface area contributed by atoms with Crippen LogP contribution in [0.15, 0.2) is 62.5 Å². The number of rotatable bonds is 4. The second-order valence-corrected chi connectivity index (χ2v) is 6.04. The van der Waals surface area contributed by atoms with Crippen LogP contribution >= 0.6 is 0 Å². The van der Waals surface area contributed by atoms with Crippen LogP contribution in [-0.2, 0) is 6.54 Å². The number of nitrogens with one attached hydrogen (secondary N) is 1. The first kappa shape index (κ1) is 17.3. The molecule has 140 valence electrons. The monoisotopic (exact) mass is 379 g/mol. The number of oxazole rings is 1. The minimum atomic E-state index is -1.52. The Kier molecular flexibility index (Phi) is 4.04. The summed E-state index contributed by atoms with van der Waals surface area (Å²) >= 11 is 0. The zero-order chi connectivity index (χ0) is 19.8. The fourth-order valence-corrected chi connectivity index (χ4v) is 2.92. The molecule has 0 amide bonds. The summed E-state index contributed by atoms with van der Waals surface area (Å²) in [5, 5.41) is 18.7. The van der Waals surface area contributed by atoms with Gasteiger partial charge in [-0.1, -0.05) is 30.3 Å². The molecule has 3 N–H and O–H groups in total. The van der Waals surface area contributed by atoms with Gasteiger partial charge in [-0.2, -0.15) is 0 Å². The molecule has 28 heavy (non-hydrogen) atoms. The summed E-state index contributed by atoms with van der Waals surface area (Å²) in [6.45, 7) is 0.206. The second-order valence-electron chi connectivity index (χ2n) is 6.04. The number of aromatic nitrogens is 3. The smallest absolute Gasteiger partial charge is 0.420 e. The molecule has 2 aromatic carbocycles. The molecule has 9 nitrogen and oxygen atoms in total. The van der Waals surface area contributed by atoms with Crippen molar-refractivity contribution in [3.63, 3.8) is 0 Å². The summed E-state index contributed by atoms with van der Waals surface area (Å²) in [6, 6.07) is 13.8. The van der Waals surface area contributed by atoms with Crippen LogP contribution in [0.25, 0.3) is 22.5 Å².